The predicted molar refractivity (Wildman–Crippen MR) is 49.9 cm³/mol. The highest BCUT2D eigenvalue weighted by Crippen LogP contribution is 2.29. The van der Waals surface area contributed by atoms with Gasteiger partial charge in [-0.25, -0.2) is 0 Å². The summed E-state index contributed by atoms with van der Waals surface area (Å²) in [5.74, 6) is 1.52. The molecule has 1 nitrogen and oxygen atoms in total. The maximum atomic E-state index is 11.3. The van der Waals surface area contributed by atoms with Gasteiger partial charge in [0.2, 0.25) is 0 Å². The van der Waals surface area contributed by atoms with E-state index < -0.39 is 0 Å². The maximum Gasteiger partial charge on any atom is 0.146 e. The van der Waals surface area contributed by atoms with Gasteiger partial charge in [-0.1, -0.05) is 35.7 Å². The number of halogens is 1. The molecule has 1 fully saturated rings. The average molecular weight is 219 g/mol. The summed E-state index contributed by atoms with van der Waals surface area (Å²) >= 11 is 3.22. The lowest BCUT2D eigenvalue weighted by Crippen LogP contribution is -2.22. The molecule has 0 aromatic rings. The van der Waals surface area contributed by atoms with E-state index in [1.807, 2.05) is 0 Å². The molecule has 1 saturated carbocycles. The summed E-state index contributed by atoms with van der Waals surface area (Å²) in [6.07, 6.45) is 4.79. The van der Waals surface area contributed by atoms with Crippen LogP contribution in [0.15, 0.2) is 0 Å². The summed E-state index contributed by atoms with van der Waals surface area (Å²) in [7, 11) is 0. The number of hydrogen-bond acceptors (Lipinski definition) is 1. The van der Waals surface area contributed by atoms with Crippen LogP contribution in [0.25, 0.3) is 0 Å². The quantitative estimate of drug-likeness (QED) is 0.652. The Labute approximate surface area is 76.7 Å². The largest absolute Gasteiger partial charge is 0.298 e. The van der Waals surface area contributed by atoms with Gasteiger partial charge in [0.15, 0.2) is 0 Å². The molecule has 0 heterocycles. The van der Waals surface area contributed by atoms with E-state index >= 15 is 0 Å². The van der Waals surface area contributed by atoms with Gasteiger partial charge in [0, 0.05) is 5.92 Å². The fourth-order valence-electron chi connectivity index (χ4n) is 1.84. The molecule has 0 saturated heterocycles. The Morgan fingerprint density at radius 1 is 1.55 bits per heavy atom. The van der Waals surface area contributed by atoms with E-state index in [2.05, 4.69) is 22.9 Å². The molecule has 2 atom stereocenters. The van der Waals surface area contributed by atoms with Crippen molar-refractivity contribution in [2.75, 3.05) is 5.33 Å². The van der Waals surface area contributed by atoms with Gasteiger partial charge in [-0.3, -0.25) is 4.79 Å². The highest BCUT2D eigenvalue weighted by molar-refractivity contribution is 9.09. The van der Waals surface area contributed by atoms with Crippen LogP contribution in [-0.2, 0) is 4.79 Å². The molecule has 0 aliphatic heterocycles. The topological polar surface area (TPSA) is 17.1 Å². The van der Waals surface area contributed by atoms with Gasteiger partial charge in [-0.15, -0.1) is 0 Å². The van der Waals surface area contributed by atoms with Crippen LogP contribution < -0.4 is 0 Å². The zero-order valence-corrected chi connectivity index (χ0v) is 8.56. The van der Waals surface area contributed by atoms with E-state index in [-0.39, 0.29) is 0 Å². The smallest absolute Gasteiger partial charge is 0.146 e. The summed E-state index contributed by atoms with van der Waals surface area (Å²) in [4.78, 5) is 11.3. The SMILES string of the molecule is C[C@H]1CCC[C@@H](C(=O)CBr)C1. The molecule has 1 aliphatic rings. The maximum absolute atomic E-state index is 11.3. The van der Waals surface area contributed by atoms with Gasteiger partial charge in [-0.2, -0.15) is 0 Å². The number of carbonyl (C=O) groups is 1. The Bertz CT molecular complexity index is 144. The minimum Gasteiger partial charge on any atom is -0.298 e. The van der Waals surface area contributed by atoms with Crippen molar-refractivity contribution < 1.29 is 4.79 Å². The van der Waals surface area contributed by atoms with Crippen LogP contribution in [0.4, 0.5) is 0 Å². The van der Waals surface area contributed by atoms with Crippen molar-refractivity contribution in [3.63, 3.8) is 0 Å². The monoisotopic (exact) mass is 218 g/mol. The normalized spacial score (nSPS) is 31.8. The van der Waals surface area contributed by atoms with E-state index in [1.54, 1.807) is 0 Å². The first-order valence-corrected chi connectivity index (χ1v) is 5.45. The van der Waals surface area contributed by atoms with Crippen LogP contribution in [0.1, 0.15) is 32.6 Å². The Morgan fingerprint density at radius 2 is 2.27 bits per heavy atom. The summed E-state index contributed by atoms with van der Waals surface area (Å²) < 4.78 is 0. The third-order valence-corrected chi connectivity index (χ3v) is 3.08. The van der Waals surface area contributed by atoms with Gasteiger partial charge in [0.25, 0.3) is 0 Å². The summed E-state index contributed by atoms with van der Waals surface area (Å²) in [6, 6.07) is 0. The Kier molecular flexibility index (Phi) is 3.57. The molecule has 0 aromatic heterocycles. The van der Waals surface area contributed by atoms with Crippen molar-refractivity contribution in [2.45, 2.75) is 32.6 Å². The molecule has 2 heteroatoms. The van der Waals surface area contributed by atoms with Gasteiger partial charge in [0.1, 0.15) is 5.78 Å². The summed E-state index contributed by atoms with van der Waals surface area (Å²) in [5, 5.41) is 0.546. The van der Waals surface area contributed by atoms with E-state index in [4.69, 9.17) is 0 Å². The van der Waals surface area contributed by atoms with Gasteiger partial charge >= 0.3 is 0 Å². The zero-order chi connectivity index (χ0) is 8.27. The third-order valence-electron chi connectivity index (χ3n) is 2.52. The Morgan fingerprint density at radius 3 is 2.82 bits per heavy atom. The third kappa shape index (κ3) is 2.58. The van der Waals surface area contributed by atoms with E-state index in [0.717, 1.165) is 18.8 Å². The standard InChI is InChI=1S/C9H15BrO/c1-7-3-2-4-8(5-7)9(11)6-10/h7-8H,2-6H2,1H3/t7-,8+/m0/s1. The molecule has 11 heavy (non-hydrogen) atoms. The number of hydrogen-bond donors (Lipinski definition) is 0. The van der Waals surface area contributed by atoms with Crippen molar-refractivity contribution in [3.8, 4) is 0 Å². The fourth-order valence-corrected chi connectivity index (χ4v) is 2.29. The van der Waals surface area contributed by atoms with Crippen molar-refractivity contribution in [1.82, 2.24) is 0 Å². The average Bonchev–Trinajstić information content (AvgIpc) is 2.03. The molecule has 0 spiro atoms. The van der Waals surface area contributed by atoms with Crippen molar-refractivity contribution in [1.29, 1.82) is 0 Å². The first kappa shape index (κ1) is 9.24. The van der Waals surface area contributed by atoms with Crippen LogP contribution in [0, 0.1) is 11.8 Å². The molecule has 0 bridgehead atoms. The Hall–Kier alpha value is 0.150. The van der Waals surface area contributed by atoms with Crippen LogP contribution in [-0.4, -0.2) is 11.1 Å². The number of alkyl halides is 1. The molecule has 1 rings (SSSR count). The van der Waals surface area contributed by atoms with Gasteiger partial charge < -0.3 is 0 Å². The number of ketones is 1. The molecule has 64 valence electrons. The first-order valence-electron chi connectivity index (χ1n) is 4.32. The van der Waals surface area contributed by atoms with Crippen molar-refractivity contribution in [2.24, 2.45) is 11.8 Å². The van der Waals surface area contributed by atoms with Crippen molar-refractivity contribution >= 4 is 21.7 Å². The summed E-state index contributed by atoms with van der Waals surface area (Å²) in [5.41, 5.74) is 0. The molecule has 0 amide bonds. The van der Waals surface area contributed by atoms with E-state index in [9.17, 15) is 4.79 Å². The van der Waals surface area contributed by atoms with E-state index in [0.29, 0.717) is 17.0 Å². The van der Waals surface area contributed by atoms with Gasteiger partial charge in [0.05, 0.1) is 5.33 Å². The zero-order valence-electron chi connectivity index (χ0n) is 6.98. The van der Waals surface area contributed by atoms with Crippen LogP contribution in [0.5, 0.6) is 0 Å². The predicted octanol–water partition coefficient (Wildman–Crippen LogP) is 2.78. The molecule has 0 aromatic carbocycles. The lowest BCUT2D eigenvalue weighted by Gasteiger charge is -2.24. The molecular weight excluding hydrogens is 204 g/mol. The molecular formula is C9H15BrO. The highest BCUT2D eigenvalue weighted by Gasteiger charge is 2.23. The molecule has 0 radical (unpaired) electrons. The second-order valence-electron chi connectivity index (χ2n) is 3.57. The second-order valence-corrected chi connectivity index (χ2v) is 4.13. The minimum absolute atomic E-state index is 0.359. The molecule has 0 N–H and O–H groups in total. The molecule has 1 aliphatic carbocycles. The highest BCUT2D eigenvalue weighted by atomic mass is 79.9. The lowest BCUT2D eigenvalue weighted by molar-refractivity contribution is -0.121. The van der Waals surface area contributed by atoms with Crippen LogP contribution >= 0.6 is 15.9 Å². The molecule has 0 unspecified atom stereocenters. The van der Waals surface area contributed by atoms with Crippen LogP contribution in [0.3, 0.4) is 0 Å². The van der Waals surface area contributed by atoms with Gasteiger partial charge in [-0.05, 0) is 18.8 Å². The first-order chi connectivity index (χ1) is 5.24. The summed E-state index contributed by atoms with van der Waals surface area (Å²) in [6.45, 7) is 2.24. The van der Waals surface area contributed by atoms with Crippen molar-refractivity contribution in [3.05, 3.63) is 0 Å². The number of Topliss-reactive ketones (excluding diaryl/α,β-unsaturated/α-hetero) is 1. The Balaban J connectivity index is 2.39. The fraction of sp³-hybridized carbons (Fsp3) is 0.889. The number of carbonyl (C=O) groups excluding carboxylic acids is 1. The van der Waals surface area contributed by atoms with E-state index in [1.165, 1.54) is 12.8 Å². The number of rotatable bonds is 2. The van der Waals surface area contributed by atoms with Crippen LogP contribution in [0.2, 0.25) is 0 Å². The lowest BCUT2D eigenvalue weighted by atomic mass is 9.81. The second kappa shape index (κ2) is 4.24. The minimum atomic E-state index is 0.359.